The van der Waals surface area contributed by atoms with Crippen molar-refractivity contribution >= 4 is 37.5 Å². The molecule has 3 aromatic rings. The molecular formula is C15H12BrFN2O2S. The second-order valence-corrected chi connectivity index (χ2v) is 7.14. The van der Waals surface area contributed by atoms with Crippen LogP contribution in [-0.2, 0) is 6.54 Å². The Hall–Kier alpha value is -1.73. The number of thiophene rings is 1. The fourth-order valence-corrected chi connectivity index (χ4v) is 4.16. The summed E-state index contributed by atoms with van der Waals surface area (Å²) in [5.41, 5.74) is 0.376. The van der Waals surface area contributed by atoms with Gasteiger partial charge in [-0.3, -0.25) is 9.36 Å². The first-order valence-corrected chi connectivity index (χ1v) is 8.27. The number of hydrogen-bond acceptors (Lipinski definition) is 3. The van der Waals surface area contributed by atoms with Crippen LogP contribution in [0.1, 0.15) is 12.5 Å². The predicted molar refractivity (Wildman–Crippen MR) is 89.8 cm³/mol. The molecule has 2 heterocycles. The number of rotatable bonds is 2. The van der Waals surface area contributed by atoms with E-state index in [-0.39, 0.29) is 5.56 Å². The third kappa shape index (κ3) is 2.16. The standard InChI is InChI=1S/C15H12BrFN2O2S/c1-3-18-14-11(8(2)12(16)22-14)13(20)19(15(18)21)10-6-4-9(17)5-7-10/h4-7H,3H2,1-2H3. The molecule has 0 N–H and O–H groups in total. The Morgan fingerprint density at radius 1 is 1.23 bits per heavy atom. The van der Waals surface area contributed by atoms with Gasteiger partial charge in [-0.15, -0.1) is 11.3 Å². The van der Waals surface area contributed by atoms with Crippen LogP contribution in [0.2, 0.25) is 0 Å². The topological polar surface area (TPSA) is 44.0 Å². The minimum Gasteiger partial charge on any atom is -0.284 e. The first-order valence-electron chi connectivity index (χ1n) is 6.66. The summed E-state index contributed by atoms with van der Waals surface area (Å²) in [6, 6.07) is 5.33. The summed E-state index contributed by atoms with van der Waals surface area (Å²) in [5.74, 6) is -0.414. The van der Waals surface area contributed by atoms with E-state index >= 15 is 0 Å². The van der Waals surface area contributed by atoms with Gasteiger partial charge in [0.15, 0.2) is 0 Å². The van der Waals surface area contributed by atoms with Gasteiger partial charge in [0.1, 0.15) is 10.6 Å². The lowest BCUT2D eigenvalue weighted by Gasteiger charge is -2.10. The number of fused-ring (bicyclic) bond motifs is 1. The molecule has 0 atom stereocenters. The highest BCUT2D eigenvalue weighted by Gasteiger charge is 2.19. The number of aryl methyl sites for hydroxylation is 2. The highest BCUT2D eigenvalue weighted by atomic mass is 79.9. The number of benzene rings is 1. The van der Waals surface area contributed by atoms with E-state index in [1.54, 1.807) is 4.57 Å². The maximum Gasteiger partial charge on any atom is 0.336 e. The van der Waals surface area contributed by atoms with Gasteiger partial charge in [0, 0.05) is 6.54 Å². The molecule has 0 saturated heterocycles. The summed E-state index contributed by atoms with van der Waals surface area (Å²) in [6.45, 7) is 4.14. The largest absolute Gasteiger partial charge is 0.336 e. The van der Waals surface area contributed by atoms with Gasteiger partial charge >= 0.3 is 5.69 Å². The van der Waals surface area contributed by atoms with Crippen LogP contribution in [0.5, 0.6) is 0 Å². The van der Waals surface area contributed by atoms with Crippen molar-refractivity contribution in [1.29, 1.82) is 0 Å². The van der Waals surface area contributed by atoms with Crippen LogP contribution in [-0.4, -0.2) is 9.13 Å². The Morgan fingerprint density at radius 3 is 2.45 bits per heavy atom. The van der Waals surface area contributed by atoms with Crippen LogP contribution in [0, 0.1) is 12.7 Å². The van der Waals surface area contributed by atoms with Gasteiger partial charge in [0.05, 0.1) is 14.9 Å². The molecule has 0 bridgehead atoms. The summed E-state index contributed by atoms with van der Waals surface area (Å²) in [4.78, 5) is 26.1. The first-order chi connectivity index (χ1) is 10.5. The van der Waals surface area contributed by atoms with Crippen molar-refractivity contribution in [1.82, 2.24) is 9.13 Å². The van der Waals surface area contributed by atoms with Gasteiger partial charge in [0.25, 0.3) is 5.56 Å². The number of halogens is 2. The summed E-state index contributed by atoms with van der Waals surface area (Å²) in [6.07, 6.45) is 0. The van der Waals surface area contributed by atoms with Crippen molar-refractivity contribution in [2.75, 3.05) is 0 Å². The molecule has 7 heteroatoms. The van der Waals surface area contributed by atoms with E-state index in [4.69, 9.17) is 0 Å². The zero-order valence-corrected chi connectivity index (χ0v) is 14.3. The van der Waals surface area contributed by atoms with Crippen molar-refractivity contribution in [3.8, 4) is 5.69 Å². The van der Waals surface area contributed by atoms with Crippen molar-refractivity contribution < 1.29 is 4.39 Å². The lowest BCUT2D eigenvalue weighted by atomic mass is 10.2. The molecule has 0 aliphatic rings. The van der Waals surface area contributed by atoms with E-state index in [2.05, 4.69) is 15.9 Å². The monoisotopic (exact) mass is 382 g/mol. The summed E-state index contributed by atoms with van der Waals surface area (Å²) in [5, 5.41) is 0.516. The molecule has 0 fully saturated rings. The fraction of sp³-hybridized carbons (Fsp3) is 0.200. The average molecular weight is 383 g/mol. The zero-order valence-electron chi connectivity index (χ0n) is 11.9. The Morgan fingerprint density at radius 2 is 1.86 bits per heavy atom. The molecule has 3 rings (SSSR count). The van der Waals surface area contributed by atoms with Gasteiger partial charge in [-0.1, -0.05) is 0 Å². The molecule has 0 spiro atoms. The van der Waals surface area contributed by atoms with E-state index in [1.165, 1.54) is 35.6 Å². The Balaban J connectivity index is 2.50. The number of hydrogen-bond donors (Lipinski definition) is 0. The molecule has 0 unspecified atom stereocenters. The number of aromatic nitrogens is 2. The van der Waals surface area contributed by atoms with Gasteiger partial charge in [-0.25, -0.2) is 13.8 Å². The molecule has 0 amide bonds. The highest BCUT2D eigenvalue weighted by molar-refractivity contribution is 9.11. The van der Waals surface area contributed by atoms with Crippen LogP contribution in [0.25, 0.3) is 15.9 Å². The van der Waals surface area contributed by atoms with E-state index in [0.29, 0.717) is 22.4 Å². The van der Waals surface area contributed by atoms with Crippen molar-refractivity contribution in [2.24, 2.45) is 0 Å². The van der Waals surface area contributed by atoms with Gasteiger partial charge in [-0.05, 0) is 59.6 Å². The third-order valence-corrected chi connectivity index (χ3v) is 5.74. The molecule has 0 saturated carbocycles. The molecule has 0 aliphatic heterocycles. The first kappa shape index (κ1) is 15.2. The van der Waals surface area contributed by atoms with E-state index in [1.807, 2.05) is 13.8 Å². The van der Waals surface area contributed by atoms with E-state index in [0.717, 1.165) is 13.9 Å². The second kappa shape index (κ2) is 5.48. The van der Waals surface area contributed by atoms with Crippen molar-refractivity contribution in [2.45, 2.75) is 20.4 Å². The predicted octanol–water partition coefficient (Wildman–Crippen LogP) is 3.44. The van der Waals surface area contributed by atoms with Gasteiger partial charge < -0.3 is 0 Å². The fourth-order valence-electron chi connectivity index (χ4n) is 2.42. The quantitative estimate of drug-likeness (QED) is 0.681. The molecule has 0 aliphatic carbocycles. The second-order valence-electron chi connectivity index (χ2n) is 4.82. The summed E-state index contributed by atoms with van der Waals surface area (Å²) >= 11 is 4.80. The van der Waals surface area contributed by atoms with Crippen LogP contribution in [0.3, 0.4) is 0 Å². The molecule has 114 valence electrons. The third-order valence-electron chi connectivity index (χ3n) is 3.56. The van der Waals surface area contributed by atoms with E-state index in [9.17, 15) is 14.0 Å². The SMILES string of the molecule is CCn1c(=O)n(-c2ccc(F)cc2)c(=O)c2c(C)c(Br)sc21. The number of nitrogens with zero attached hydrogens (tertiary/aromatic N) is 2. The lowest BCUT2D eigenvalue weighted by molar-refractivity contribution is 0.626. The smallest absolute Gasteiger partial charge is 0.284 e. The van der Waals surface area contributed by atoms with Crippen LogP contribution >= 0.6 is 27.3 Å². The van der Waals surface area contributed by atoms with Gasteiger partial charge in [0.2, 0.25) is 0 Å². The lowest BCUT2D eigenvalue weighted by Crippen LogP contribution is -2.38. The average Bonchev–Trinajstić information content (AvgIpc) is 2.77. The van der Waals surface area contributed by atoms with Crippen molar-refractivity contribution in [3.05, 3.63) is 60.3 Å². The van der Waals surface area contributed by atoms with Gasteiger partial charge in [-0.2, -0.15) is 0 Å². The minimum absolute atomic E-state index is 0.363. The molecular weight excluding hydrogens is 371 g/mol. The van der Waals surface area contributed by atoms with Crippen LogP contribution in [0.15, 0.2) is 37.6 Å². The maximum absolute atomic E-state index is 13.1. The Kier molecular flexibility index (Phi) is 3.78. The molecule has 1 aromatic carbocycles. The summed E-state index contributed by atoms with van der Waals surface area (Å²) in [7, 11) is 0. The van der Waals surface area contributed by atoms with Crippen LogP contribution < -0.4 is 11.2 Å². The van der Waals surface area contributed by atoms with Crippen LogP contribution in [0.4, 0.5) is 4.39 Å². The Bertz CT molecular complexity index is 986. The Labute approximate surface area is 137 Å². The molecule has 2 aromatic heterocycles. The van der Waals surface area contributed by atoms with E-state index < -0.39 is 11.5 Å². The molecule has 22 heavy (non-hydrogen) atoms. The zero-order chi connectivity index (χ0) is 16.0. The maximum atomic E-state index is 13.1. The summed E-state index contributed by atoms with van der Waals surface area (Å²) < 4.78 is 16.6. The molecule has 4 nitrogen and oxygen atoms in total. The molecule has 0 radical (unpaired) electrons. The minimum atomic E-state index is -0.416. The normalized spacial score (nSPS) is 11.3. The highest BCUT2D eigenvalue weighted by Crippen LogP contribution is 2.32. The van der Waals surface area contributed by atoms with Crippen molar-refractivity contribution in [3.63, 3.8) is 0 Å².